The van der Waals surface area contributed by atoms with Crippen LogP contribution in [0.25, 0.3) is 0 Å². The lowest BCUT2D eigenvalue weighted by molar-refractivity contribution is -0.121. The number of sulfonamides is 1. The van der Waals surface area contributed by atoms with Gasteiger partial charge in [0.05, 0.1) is 18.6 Å². The maximum absolute atomic E-state index is 12.5. The molecule has 0 heterocycles. The van der Waals surface area contributed by atoms with Crippen molar-refractivity contribution in [2.75, 3.05) is 40.5 Å². The molecule has 0 saturated carbocycles. The molecule has 0 aliphatic rings. The van der Waals surface area contributed by atoms with Gasteiger partial charge in [-0.05, 0) is 44.0 Å². The molecule has 24 heavy (non-hydrogen) atoms. The van der Waals surface area contributed by atoms with Crippen molar-refractivity contribution >= 4 is 15.9 Å². The number of methoxy groups -OCH3 is 1. The molecule has 0 aromatic heterocycles. The van der Waals surface area contributed by atoms with Crippen LogP contribution in [0.5, 0.6) is 5.75 Å². The molecular weight excluding hydrogens is 332 g/mol. The number of carbonyl (C=O) groups excluding carboxylic acids is 1. The molecule has 1 amide bonds. The number of ether oxygens (including phenoxy) is 2. The number of likely N-dealkylation sites (N-methyl/N-ethyl adjacent to an activating group) is 1. The zero-order chi connectivity index (χ0) is 18.2. The quantitative estimate of drug-likeness (QED) is 0.635. The van der Waals surface area contributed by atoms with E-state index in [0.29, 0.717) is 37.5 Å². The third kappa shape index (κ3) is 5.77. The van der Waals surface area contributed by atoms with Crippen LogP contribution in [-0.2, 0) is 19.6 Å². The van der Waals surface area contributed by atoms with Crippen LogP contribution in [0.4, 0.5) is 0 Å². The van der Waals surface area contributed by atoms with Crippen LogP contribution >= 0.6 is 0 Å². The van der Waals surface area contributed by atoms with Crippen LogP contribution in [0.3, 0.4) is 0 Å². The fourth-order valence-electron chi connectivity index (χ4n) is 2.08. The van der Waals surface area contributed by atoms with Gasteiger partial charge in [0.2, 0.25) is 15.9 Å². The van der Waals surface area contributed by atoms with Gasteiger partial charge in [0.15, 0.2) is 0 Å². The Hall–Kier alpha value is -1.64. The maximum atomic E-state index is 12.5. The van der Waals surface area contributed by atoms with E-state index in [1.54, 1.807) is 13.0 Å². The number of nitrogens with one attached hydrogen (secondary N) is 1. The minimum absolute atomic E-state index is 0.132. The number of amides is 1. The second kappa shape index (κ2) is 9.61. The first-order valence-electron chi connectivity index (χ1n) is 7.78. The Morgan fingerprint density at radius 2 is 2.04 bits per heavy atom. The smallest absolute Gasteiger partial charge is 0.243 e. The van der Waals surface area contributed by atoms with E-state index in [9.17, 15) is 13.2 Å². The lowest BCUT2D eigenvalue weighted by Crippen LogP contribution is -2.38. The predicted octanol–water partition coefficient (Wildman–Crippen LogP) is 1.17. The summed E-state index contributed by atoms with van der Waals surface area (Å²) in [7, 11) is -0.819. The summed E-state index contributed by atoms with van der Waals surface area (Å²) in [6.45, 7) is 5.09. The van der Waals surface area contributed by atoms with Crippen LogP contribution in [-0.4, -0.2) is 59.1 Å². The summed E-state index contributed by atoms with van der Waals surface area (Å²) < 4.78 is 36.4. The summed E-state index contributed by atoms with van der Waals surface area (Å²) in [6.07, 6.45) is 0.688. The van der Waals surface area contributed by atoms with Crippen molar-refractivity contribution in [3.8, 4) is 5.75 Å². The normalized spacial score (nSPS) is 11.5. The number of aryl methyl sites for hydroxylation is 1. The lowest BCUT2D eigenvalue weighted by Gasteiger charge is -2.17. The summed E-state index contributed by atoms with van der Waals surface area (Å²) in [5.41, 5.74) is 0.715. The van der Waals surface area contributed by atoms with Gasteiger partial charge in [-0.3, -0.25) is 4.79 Å². The fourth-order valence-corrected chi connectivity index (χ4v) is 3.29. The molecule has 1 rings (SSSR count). The summed E-state index contributed by atoms with van der Waals surface area (Å²) in [5.74, 6) is 0.270. The fraction of sp³-hybridized carbons (Fsp3) is 0.562. The second-order valence-corrected chi connectivity index (χ2v) is 7.34. The Morgan fingerprint density at radius 3 is 2.62 bits per heavy atom. The average Bonchev–Trinajstić information content (AvgIpc) is 2.54. The molecule has 0 aliphatic carbocycles. The zero-order valence-corrected chi connectivity index (χ0v) is 15.5. The molecular formula is C16H26N2O5S. The van der Waals surface area contributed by atoms with E-state index in [1.165, 1.54) is 26.3 Å². The molecule has 0 aliphatic heterocycles. The number of nitrogens with zero attached hydrogens (tertiary/aromatic N) is 1. The van der Waals surface area contributed by atoms with Gasteiger partial charge in [-0.15, -0.1) is 0 Å². The summed E-state index contributed by atoms with van der Waals surface area (Å²) in [5, 5.41) is 2.68. The van der Waals surface area contributed by atoms with Gasteiger partial charge >= 0.3 is 0 Å². The van der Waals surface area contributed by atoms with Crippen LogP contribution in [0.15, 0.2) is 23.1 Å². The molecule has 8 heteroatoms. The lowest BCUT2D eigenvalue weighted by atomic mass is 10.2. The number of rotatable bonds is 10. The van der Waals surface area contributed by atoms with Gasteiger partial charge < -0.3 is 14.8 Å². The third-order valence-corrected chi connectivity index (χ3v) is 5.23. The average molecular weight is 358 g/mol. The number of hydrogen-bond acceptors (Lipinski definition) is 5. The molecule has 0 spiro atoms. The Labute approximate surface area is 144 Å². The van der Waals surface area contributed by atoms with Gasteiger partial charge in [0, 0.05) is 26.8 Å². The molecule has 0 bridgehead atoms. The zero-order valence-electron chi connectivity index (χ0n) is 14.7. The molecule has 1 aromatic carbocycles. The van der Waals surface area contributed by atoms with E-state index >= 15 is 0 Å². The highest BCUT2D eigenvalue weighted by Gasteiger charge is 2.23. The first kappa shape index (κ1) is 20.4. The summed E-state index contributed by atoms with van der Waals surface area (Å²) >= 11 is 0. The SMILES string of the molecule is CCOCCCNC(=O)CN(C)S(=O)(=O)c1ccc(OC)c(C)c1. The monoisotopic (exact) mass is 358 g/mol. The van der Waals surface area contributed by atoms with E-state index in [2.05, 4.69) is 5.32 Å². The van der Waals surface area contributed by atoms with Crippen molar-refractivity contribution in [3.05, 3.63) is 23.8 Å². The van der Waals surface area contributed by atoms with Gasteiger partial charge in [-0.1, -0.05) is 0 Å². The topological polar surface area (TPSA) is 84.9 Å². The van der Waals surface area contributed by atoms with Crippen molar-refractivity contribution in [3.63, 3.8) is 0 Å². The van der Waals surface area contributed by atoms with Crippen LogP contribution < -0.4 is 10.1 Å². The summed E-state index contributed by atoms with van der Waals surface area (Å²) in [6, 6.07) is 4.60. The highest BCUT2D eigenvalue weighted by Crippen LogP contribution is 2.23. The largest absolute Gasteiger partial charge is 0.496 e. The Kier molecular flexibility index (Phi) is 8.17. The number of hydrogen-bond donors (Lipinski definition) is 1. The van der Waals surface area contributed by atoms with E-state index in [1.807, 2.05) is 6.92 Å². The van der Waals surface area contributed by atoms with Crippen LogP contribution in [0.1, 0.15) is 18.9 Å². The minimum atomic E-state index is -3.73. The van der Waals surface area contributed by atoms with Crippen LogP contribution in [0, 0.1) is 6.92 Å². The van der Waals surface area contributed by atoms with E-state index in [4.69, 9.17) is 9.47 Å². The highest BCUT2D eigenvalue weighted by atomic mass is 32.2. The Morgan fingerprint density at radius 1 is 1.33 bits per heavy atom. The minimum Gasteiger partial charge on any atom is -0.496 e. The van der Waals surface area contributed by atoms with Crippen molar-refractivity contribution < 1.29 is 22.7 Å². The first-order valence-corrected chi connectivity index (χ1v) is 9.22. The molecule has 0 radical (unpaired) electrons. The molecule has 0 fully saturated rings. The van der Waals surface area contributed by atoms with Crippen molar-refractivity contribution in [1.82, 2.24) is 9.62 Å². The molecule has 0 atom stereocenters. The predicted molar refractivity (Wildman–Crippen MR) is 91.7 cm³/mol. The first-order chi connectivity index (χ1) is 11.3. The Balaban J connectivity index is 2.63. The van der Waals surface area contributed by atoms with E-state index in [0.717, 1.165) is 4.31 Å². The van der Waals surface area contributed by atoms with Gasteiger partial charge in [-0.2, -0.15) is 4.31 Å². The van der Waals surface area contributed by atoms with Gasteiger partial charge in [-0.25, -0.2) is 8.42 Å². The molecule has 1 N–H and O–H groups in total. The molecule has 0 saturated heterocycles. The number of benzene rings is 1. The van der Waals surface area contributed by atoms with Gasteiger partial charge in [0.25, 0.3) is 0 Å². The molecule has 7 nitrogen and oxygen atoms in total. The molecule has 136 valence electrons. The van der Waals surface area contributed by atoms with E-state index in [-0.39, 0.29) is 17.3 Å². The van der Waals surface area contributed by atoms with Gasteiger partial charge in [0.1, 0.15) is 5.75 Å². The van der Waals surface area contributed by atoms with Crippen LogP contribution in [0.2, 0.25) is 0 Å². The molecule has 1 aromatic rings. The van der Waals surface area contributed by atoms with Crippen molar-refractivity contribution in [1.29, 1.82) is 0 Å². The second-order valence-electron chi connectivity index (χ2n) is 5.29. The standard InChI is InChI=1S/C16H26N2O5S/c1-5-23-10-6-9-17-16(19)12-18(3)24(20,21)14-7-8-15(22-4)13(2)11-14/h7-8,11H,5-6,9-10,12H2,1-4H3,(H,17,19). The summed E-state index contributed by atoms with van der Waals surface area (Å²) in [4.78, 5) is 12.0. The Bertz CT molecular complexity index is 646. The van der Waals surface area contributed by atoms with Crippen molar-refractivity contribution in [2.24, 2.45) is 0 Å². The maximum Gasteiger partial charge on any atom is 0.243 e. The molecule has 0 unspecified atom stereocenters. The van der Waals surface area contributed by atoms with Crippen molar-refractivity contribution in [2.45, 2.75) is 25.2 Å². The third-order valence-electron chi connectivity index (χ3n) is 3.43. The van der Waals surface area contributed by atoms with E-state index < -0.39 is 10.0 Å². The number of carbonyl (C=O) groups is 1. The highest BCUT2D eigenvalue weighted by molar-refractivity contribution is 7.89.